The highest BCUT2D eigenvalue weighted by molar-refractivity contribution is 5.95. The minimum Gasteiger partial charge on any atom is -0.508 e. The third-order valence-electron chi connectivity index (χ3n) is 1.93. The number of aromatic hydroxyl groups is 1. The van der Waals surface area contributed by atoms with E-state index in [2.05, 4.69) is 5.32 Å². The van der Waals surface area contributed by atoms with E-state index in [4.69, 9.17) is 5.11 Å². The van der Waals surface area contributed by atoms with Crippen molar-refractivity contribution in [3.63, 3.8) is 0 Å². The summed E-state index contributed by atoms with van der Waals surface area (Å²) in [6, 6.07) is 2.08. The molecule has 0 fully saturated rings. The van der Waals surface area contributed by atoms with Crippen LogP contribution in [-0.4, -0.2) is 17.1 Å². The predicted octanol–water partition coefficient (Wildman–Crippen LogP) is 2.55. The quantitative estimate of drug-likeness (QED) is 0.843. The summed E-state index contributed by atoms with van der Waals surface area (Å²) in [5, 5.41) is 11.6. The summed E-state index contributed by atoms with van der Waals surface area (Å²) >= 11 is 0. The number of alkyl halides is 3. The Kier molecular flexibility index (Phi) is 3.65. The van der Waals surface area contributed by atoms with Crippen molar-refractivity contribution in [2.45, 2.75) is 26.1 Å². The SMILES string of the molecule is CC(C)NC(=O)c1cc(O)cc(C(F)(F)F)c1. The lowest BCUT2D eigenvalue weighted by molar-refractivity contribution is -0.137. The average molecular weight is 247 g/mol. The molecule has 0 aliphatic carbocycles. The van der Waals surface area contributed by atoms with Gasteiger partial charge in [-0.1, -0.05) is 0 Å². The standard InChI is InChI=1S/C11H12F3NO2/c1-6(2)15-10(17)7-3-8(11(12,13)14)5-9(16)4-7/h3-6,16H,1-2H3,(H,15,17). The van der Waals surface area contributed by atoms with Crippen molar-refractivity contribution in [2.75, 3.05) is 0 Å². The fourth-order valence-electron chi connectivity index (χ4n) is 1.25. The molecule has 2 N–H and O–H groups in total. The number of carbonyl (C=O) groups is 1. The molecule has 0 saturated carbocycles. The average Bonchev–Trinajstić information content (AvgIpc) is 2.14. The van der Waals surface area contributed by atoms with Crippen molar-refractivity contribution in [2.24, 2.45) is 0 Å². The lowest BCUT2D eigenvalue weighted by atomic mass is 10.1. The van der Waals surface area contributed by atoms with Gasteiger partial charge in [0, 0.05) is 11.6 Å². The van der Waals surface area contributed by atoms with Crippen LogP contribution in [0.25, 0.3) is 0 Å². The second-order valence-electron chi connectivity index (χ2n) is 3.89. The van der Waals surface area contributed by atoms with Gasteiger partial charge < -0.3 is 10.4 Å². The van der Waals surface area contributed by atoms with E-state index in [0.29, 0.717) is 12.1 Å². The van der Waals surface area contributed by atoms with Gasteiger partial charge in [-0.15, -0.1) is 0 Å². The van der Waals surface area contributed by atoms with Gasteiger partial charge in [-0.25, -0.2) is 0 Å². The number of phenols is 1. The summed E-state index contributed by atoms with van der Waals surface area (Å²) in [4.78, 5) is 11.5. The second-order valence-corrected chi connectivity index (χ2v) is 3.89. The Hall–Kier alpha value is -1.72. The molecule has 0 spiro atoms. The van der Waals surface area contributed by atoms with E-state index >= 15 is 0 Å². The third-order valence-corrected chi connectivity index (χ3v) is 1.93. The van der Waals surface area contributed by atoms with Crippen molar-refractivity contribution >= 4 is 5.91 Å². The summed E-state index contributed by atoms with van der Waals surface area (Å²) in [5.41, 5.74) is -1.27. The molecule has 0 aliphatic rings. The van der Waals surface area contributed by atoms with Crippen LogP contribution >= 0.6 is 0 Å². The number of rotatable bonds is 2. The molecule has 1 rings (SSSR count). The van der Waals surface area contributed by atoms with Crippen molar-refractivity contribution in [3.8, 4) is 5.75 Å². The smallest absolute Gasteiger partial charge is 0.416 e. The molecule has 0 saturated heterocycles. The molecule has 0 bridgehead atoms. The first-order chi connectivity index (χ1) is 7.70. The van der Waals surface area contributed by atoms with E-state index in [0.717, 1.165) is 6.07 Å². The zero-order valence-electron chi connectivity index (χ0n) is 9.30. The first kappa shape index (κ1) is 13.3. The lowest BCUT2D eigenvalue weighted by Gasteiger charge is -2.11. The monoisotopic (exact) mass is 247 g/mol. The minimum absolute atomic E-state index is 0.195. The number of amides is 1. The van der Waals surface area contributed by atoms with Crippen molar-refractivity contribution < 1.29 is 23.1 Å². The van der Waals surface area contributed by atoms with Gasteiger partial charge in [-0.3, -0.25) is 4.79 Å². The zero-order chi connectivity index (χ0) is 13.2. The lowest BCUT2D eigenvalue weighted by Crippen LogP contribution is -2.30. The van der Waals surface area contributed by atoms with Gasteiger partial charge >= 0.3 is 6.18 Å². The number of benzene rings is 1. The van der Waals surface area contributed by atoms with Gasteiger partial charge in [0.05, 0.1) is 5.56 Å². The van der Waals surface area contributed by atoms with Crippen molar-refractivity contribution in [1.29, 1.82) is 0 Å². The summed E-state index contributed by atoms with van der Waals surface area (Å²) in [5.74, 6) is -1.24. The van der Waals surface area contributed by atoms with Crippen LogP contribution in [0.5, 0.6) is 5.75 Å². The number of halogens is 3. The molecule has 0 radical (unpaired) electrons. The van der Waals surface area contributed by atoms with Gasteiger partial charge in [-0.2, -0.15) is 13.2 Å². The first-order valence-electron chi connectivity index (χ1n) is 4.92. The largest absolute Gasteiger partial charge is 0.508 e. The van der Waals surface area contributed by atoms with Crippen LogP contribution in [0.4, 0.5) is 13.2 Å². The Morgan fingerprint density at radius 1 is 1.29 bits per heavy atom. The van der Waals surface area contributed by atoms with Gasteiger partial charge in [0.1, 0.15) is 5.75 Å². The van der Waals surface area contributed by atoms with Gasteiger partial charge in [-0.05, 0) is 32.0 Å². The zero-order valence-corrected chi connectivity index (χ0v) is 9.30. The van der Waals surface area contributed by atoms with E-state index in [1.165, 1.54) is 0 Å². The fourth-order valence-corrected chi connectivity index (χ4v) is 1.25. The van der Waals surface area contributed by atoms with Gasteiger partial charge in [0.15, 0.2) is 0 Å². The Balaban J connectivity index is 3.10. The molecule has 17 heavy (non-hydrogen) atoms. The molecule has 0 aliphatic heterocycles. The Morgan fingerprint density at radius 3 is 2.35 bits per heavy atom. The summed E-state index contributed by atoms with van der Waals surface area (Å²) in [7, 11) is 0. The molecular formula is C11H12F3NO2. The molecule has 0 unspecified atom stereocenters. The maximum Gasteiger partial charge on any atom is 0.416 e. The molecule has 3 nitrogen and oxygen atoms in total. The summed E-state index contributed by atoms with van der Waals surface area (Å²) < 4.78 is 37.3. The fraction of sp³-hybridized carbons (Fsp3) is 0.364. The van der Waals surface area contributed by atoms with E-state index in [-0.39, 0.29) is 11.6 Å². The Morgan fingerprint density at radius 2 is 1.88 bits per heavy atom. The molecule has 0 heterocycles. The number of phenolic OH excluding ortho intramolecular Hbond substituents is 1. The number of hydrogen-bond donors (Lipinski definition) is 2. The highest BCUT2D eigenvalue weighted by atomic mass is 19.4. The maximum atomic E-state index is 12.4. The minimum atomic E-state index is -4.59. The van der Waals surface area contributed by atoms with Crippen LogP contribution in [0, 0.1) is 0 Å². The molecule has 1 aromatic carbocycles. The molecular weight excluding hydrogens is 235 g/mol. The highest BCUT2D eigenvalue weighted by Crippen LogP contribution is 2.32. The molecule has 6 heteroatoms. The molecule has 94 valence electrons. The predicted molar refractivity (Wildman–Crippen MR) is 55.7 cm³/mol. The van der Waals surface area contributed by atoms with Crippen molar-refractivity contribution in [3.05, 3.63) is 29.3 Å². The van der Waals surface area contributed by atoms with Crippen molar-refractivity contribution in [1.82, 2.24) is 5.32 Å². The third kappa shape index (κ3) is 3.65. The molecule has 0 atom stereocenters. The Labute approximate surface area is 96.3 Å². The first-order valence-corrected chi connectivity index (χ1v) is 4.92. The van der Waals surface area contributed by atoms with Crippen LogP contribution in [0.2, 0.25) is 0 Å². The second kappa shape index (κ2) is 4.65. The number of nitrogens with one attached hydrogen (secondary N) is 1. The summed E-state index contributed by atoms with van der Waals surface area (Å²) in [6.45, 7) is 3.37. The van der Waals surface area contributed by atoms with Crippen LogP contribution in [0.1, 0.15) is 29.8 Å². The topological polar surface area (TPSA) is 49.3 Å². The van der Waals surface area contributed by atoms with Gasteiger partial charge in [0.25, 0.3) is 5.91 Å². The van der Waals surface area contributed by atoms with E-state index < -0.39 is 23.4 Å². The van der Waals surface area contributed by atoms with Gasteiger partial charge in [0.2, 0.25) is 0 Å². The number of hydrogen-bond acceptors (Lipinski definition) is 2. The maximum absolute atomic E-state index is 12.4. The molecule has 0 aromatic heterocycles. The van der Waals surface area contributed by atoms with Crippen LogP contribution in [0.15, 0.2) is 18.2 Å². The van der Waals surface area contributed by atoms with Crippen LogP contribution in [-0.2, 0) is 6.18 Å². The highest BCUT2D eigenvalue weighted by Gasteiger charge is 2.31. The Bertz CT molecular complexity index is 427. The van der Waals surface area contributed by atoms with E-state index in [1.807, 2.05) is 0 Å². The van der Waals surface area contributed by atoms with E-state index in [9.17, 15) is 18.0 Å². The summed E-state index contributed by atoms with van der Waals surface area (Å²) in [6.07, 6.45) is -4.59. The normalized spacial score (nSPS) is 11.6. The molecule has 1 aromatic rings. The van der Waals surface area contributed by atoms with E-state index in [1.54, 1.807) is 13.8 Å². The van der Waals surface area contributed by atoms with Crippen LogP contribution in [0.3, 0.4) is 0 Å². The van der Waals surface area contributed by atoms with Crippen LogP contribution < -0.4 is 5.32 Å². The molecule has 1 amide bonds. The number of carbonyl (C=O) groups excluding carboxylic acids is 1.